The molecule has 0 amide bonds. The fraction of sp³-hybridized carbons (Fsp3) is 0.133. The SMILES string of the molecule is N=C(/N=C\N=C\c1ccccc1)C1C=CC=CC1. The van der Waals surface area contributed by atoms with Crippen LogP contribution in [0.4, 0.5) is 0 Å². The molecular formula is C15H15N3. The second-order valence-corrected chi connectivity index (χ2v) is 3.97. The summed E-state index contributed by atoms with van der Waals surface area (Å²) in [6, 6.07) is 9.82. The van der Waals surface area contributed by atoms with Crippen LogP contribution in [0, 0.1) is 11.3 Å². The Hall–Kier alpha value is -2.29. The highest BCUT2D eigenvalue weighted by Gasteiger charge is 2.09. The number of hydrogen-bond donors (Lipinski definition) is 1. The van der Waals surface area contributed by atoms with Crippen LogP contribution < -0.4 is 0 Å². The molecule has 0 saturated carbocycles. The Morgan fingerprint density at radius 3 is 2.78 bits per heavy atom. The smallest absolute Gasteiger partial charge is 0.129 e. The molecule has 0 aromatic heterocycles. The molecule has 1 atom stereocenters. The molecule has 90 valence electrons. The topological polar surface area (TPSA) is 48.6 Å². The average molecular weight is 237 g/mol. The van der Waals surface area contributed by atoms with Gasteiger partial charge in [-0.05, 0) is 12.0 Å². The maximum atomic E-state index is 7.81. The second-order valence-electron chi connectivity index (χ2n) is 3.97. The van der Waals surface area contributed by atoms with Crippen molar-refractivity contribution in [2.24, 2.45) is 15.9 Å². The molecule has 1 aliphatic carbocycles. The first kappa shape index (κ1) is 12.2. The first-order valence-corrected chi connectivity index (χ1v) is 5.89. The van der Waals surface area contributed by atoms with Crippen LogP contribution in [0.25, 0.3) is 0 Å². The lowest BCUT2D eigenvalue weighted by Crippen LogP contribution is -2.09. The molecule has 3 heteroatoms. The molecule has 0 spiro atoms. The van der Waals surface area contributed by atoms with Gasteiger partial charge in [-0.25, -0.2) is 9.98 Å². The van der Waals surface area contributed by atoms with Crippen LogP contribution in [-0.2, 0) is 0 Å². The van der Waals surface area contributed by atoms with Gasteiger partial charge in [0.05, 0.1) is 0 Å². The van der Waals surface area contributed by atoms with Crippen molar-refractivity contribution in [1.82, 2.24) is 0 Å². The fourth-order valence-corrected chi connectivity index (χ4v) is 1.63. The van der Waals surface area contributed by atoms with E-state index in [4.69, 9.17) is 5.41 Å². The van der Waals surface area contributed by atoms with Crippen molar-refractivity contribution >= 4 is 18.4 Å². The predicted octanol–water partition coefficient (Wildman–Crippen LogP) is 3.24. The minimum Gasteiger partial charge on any atom is -0.286 e. The molecule has 0 aliphatic heterocycles. The number of hydrogen-bond acceptors (Lipinski definition) is 1. The van der Waals surface area contributed by atoms with Gasteiger partial charge in [0.2, 0.25) is 0 Å². The summed E-state index contributed by atoms with van der Waals surface area (Å²) in [5.41, 5.74) is 1.02. The van der Waals surface area contributed by atoms with Gasteiger partial charge in [0.1, 0.15) is 12.2 Å². The van der Waals surface area contributed by atoms with Crippen molar-refractivity contribution in [2.75, 3.05) is 0 Å². The summed E-state index contributed by atoms with van der Waals surface area (Å²) < 4.78 is 0. The van der Waals surface area contributed by atoms with Gasteiger partial charge in [-0.1, -0.05) is 54.6 Å². The van der Waals surface area contributed by atoms with Crippen LogP contribution in [-0.4, -0.2) is 18.4 Å². The summed E-state index contributed by atoms with van der Waals surface area (Å²) in [5.74, 6) is 0.430. The van der Waals surface area contributed by atoms with Gasteiger partial charge in [0, 0.05) is 12.1 Å². The van der Waals surface area contributed by atoms with Crippen LogP contribution in [0.5, 0.6) is 0 Å². The standard InChI is InChI=1S/C15H15N3/c16-15(14-9-5-2-6-10-14)18-12-17-11-13-7-3-1-4-8-13/h1-9,11-12,14,16H,10H2/b16-15?,17-11+,18-12-. The fourth-order valence-electron chi connectivity index (χ4n) is 1.63. The second kappa shape index (κ2) is 6.45. The zero-order valence-electron chi connectivity index (χ0n) is 10.0. The third-order valence-corrected chi connectivity index (χ3v) is 2.62. The summed E-state index contributed by atoms with van der Waals surface area (Å²) in [5, 5.41) is 7.81. The van der Waals surface area contributed by atoms with Crippen molar-refractivity contribution in [1.29, 1.82) is 5.41 Å². The third kappa shape index (κ3) is 3.63. The van der Waals surface area contributed by atoms with Crippen molar-refractivity contribution in [3.8, 4) is 0 Å². The van der Waals surface area contributed by atoms with E-state index < -0.39 is 0 Å². The van der Waals surface area contributed by atoms with E-state index in [1.807, 2.05) is 54.6 Å². The summed E-state index contributed by atoms with van der Waals surface area (Å²) in [6.45, 7) is 0. The first-order valence-electron chi connectivity index (χ1n) is 5.89. The zero-order valence-corrected chi connectivity index (χ0v) is 10.0. The Bertz CT molecular complexity index is 510. The molecule has 0 heterocycles. The molecule has 1 unspecified atom stereocenters. The first-order chi connectivity index (χ1) is 8.86. The van der Waals surface area contributed by atoms with E-state index in [1.54, 1.807) is 6.21 Å². The number of allylic oxidation sites excluding steroid dienone is 3. The van der Waals surface area contributed by atoms with E-state index >= 15 is 0 Å². The molecule has 18 heavy (non-hydrogen) atoms. The van der Waals surface area contributed by atoms with Gasteiger partial charge >= 0.3 is 0 Å². The molecule has 1 aromatic rings. The number of aliphatic imine (C=N–C) groups is 2. The van der Waals surface area contributed by atoms with Gasteiger partial charge < -0.3 is 0 Å². The number of nitrogens with one attached hydrogen (secondary N) is 1. The molecule has 1 aliphatic rings. The van der Waals surface area contributed by atoms with Gasteiger partial charge in [0.15, 0.2) is 0 Å². The number of nitrogens with zero attached hydrogens (tertiary/aromatic N) is 2. The molecule has 0 radical (unpaired) electrons. The monoisotopic (exact) mass is 237 g/mol. The lowest BCUT2D eigenvalue weighted by molar-refractivity contribution is 0.852. The molecule has 3 nitrogen and oxygen atoms in total. The Morgan fingerprint density at radius 1 is 1.22 bits per heavy atom. The lowest BCUT2D eigenvalue weighted by Gasteiger charge is -2.09. The van der Waals surface area contributed by atoms with Crippen molar-refractivity contribution in [3.05, 3.63) is 60.2 Å². The predicted molar refractivity (Wildman–Crippen MR) is 76.6 cm³/mol. The number of benzene rings is 1. The highest BCUT2D eigenvalue weighted by atomic mass is 14.9. The van der Waals surface area contributed by atoms with Crippen molar-refractivity contribution < 1.29 is 0 Å². The van der Waals surface area contributed by atoms with Gasteiger partial charge in [0.25, 0.3) is 0 Å². The maximum Gasteiger partial charge on any atom is 0.129 e. The quantitative estimate of drug-likeness (QED) is 0.619. The molecule has 0 bridgehead atoms. The van der Waals surface area contributed by atoms with Crippen LogP contribution in [0.1, 0.15) is 12.0 Å². The van der Waals surface area contributed by atoms with Crippen LogP contribution >= 0.6 is 0 Å². The van der Waals surface area contributed by atoms with Crippen LogP contribution in [0.15, 0.2) is 64.6 Å². The summed E-state index contributed by atoms with van der Waals surface area (Å²) in [4.78, 5) is 8.11. The number of amidine groups is 1. The van der Waals surface area contributed by atoms with E-state index in [2.05, 4.69) is 9.98 Å². The highest BCUT2D eigenvalue weighted by Crippen LogP contribution is 2.12. The van der Waals surface area contributed by atoms with Gasteiger partial charge in [-0.3, -0.25) is 5.41 Å². The lowest BCUT2D eigenvalue weighted by atomic mass is 10.0. The molecule has 1 aromatic carbocycles. The Morgan fingerprint density at radius 2 is 2.06 bits per heavy atom. The Kier molecular flexibility index (Phi) is 4.36. The number of rotatable bonds is 3. The molecule has 0 fully saturated rings. The van der Waals surface area contributed by atoms with Crippen LogP contribution in [0.2, 0.25) is 0 Å². The highest BCUT2D eigenvalue weighted by molar-refractivity contribution is 5.93. The average Bonchev–Trinajstić information content (AvgIpc) is 2.45. The Balaban J connectivity index is 1.88. The minimum atomic E-state index is 0.0816. The van der Waals surface area contributed by atoms with Gasteiger partial charge in [-0.2, -0.15) is 0 Å². The maximum absolute atomic E-state index is 7.81. The van der Waals surface area contributed by atoms with Crippen molar-refractivity contribution in [3.63, 3.8) is 0 Å². The molecule has 0 saturated heterocycles. The largest absolute Gasteiger partial charge is 0.286 e. The summed E-state index contributed by atoms with van der Waals surface area (Å²) >= 11 is 0. The van der Waals surface area contributed by atoms with E-state index in [-0.39, 0.29) is 5.92 Å². The minimum absolute atomic E-state index is 0.0816. The van der Waals surface area contributed by atoms with E-state index in [0.29, 0.717) is 5.84 Å². The van der Waals surface area contributed by atoms with E-state index in [0.717, 1.165) is 12.0 Å². The van der Waals surface area contributed by atoms with Crippen molar-refractivity contribution in [2.45, 2.75) is 6.42 Å². The Labute approximate surface area is 107 Å². The van der Waals surface area contributed by atoms with Crippen LogP contribution in [0.3, 0.4) is 0 Å². The summed E-state index contributed by atoms with van der Waals surface area (Å²) in [6.07, 6.45) is 12.0. The van der Waals surface area contributed by atoms with Gasteiger partial charge in [-0.15, -0.1) is 0 Å². The third-order valence-electron chi connectivity index (χ3n) is 2.62. The summed E-state index contributed by atoms with van der Waals surface area (Å²) in [7, 11) is 0. The molecule has 1 N–H and O–H groups in total. The molecule has 2 rings (SSSR count). The molecular weight excluding hydrogens is 222 g/mol. The van der Waals surface area contributed by atoms with E-state index in [1.165, 1.54) is 6.34 Å². The normalized spacial score (nSPS) is 18.8. The van der Waals surface area contributed by atoms with E-state index in [9.17, 15) is 0 Å². The zero-order chi connectivity index (χ0) is 12.6.